The van der Waals surface area contributed by atoms with Crippen molar-refractivity contribution in [3.63, 3.8) is 0 Å². The first-order chi connectivity index (χ1) is 8.03. The van der Waals surface area contributed by atoms with Crippen molar-refractivity contribution in [1.82, 2.24) is 15.5 Å². The van der Waals surface area contributed by atoms with Gasteiger partial charge in [-0.25, -0.2) is 0 Å². The topological polar surface area (TPSA) is 60.2 Å². The molecule has 0 saturated carbocycles. The van der Waals surface area contributed by atoms with Crippen LogP contribution in [0, 0.1) is 0 Å². The maximum atomic E-state index is 12.1. The third-order valence-electron chi connectivity index (χ3n) is 2.29. The van der Waals surface area contributed by atoms with Crippen molar-refractivity contribution in [2.24, 2.45) is 0 Å². The third-order valence-corrected chi connectivity index (χ3v) is 2.29. The molecule has 96 valence electrons. The fraction of sp³-hybridized carbons (Fsp3) is 0.778. The first-order valence-electron chi connectivity index (χ1n) is 5.22. The van der Waals surface area contributed by atoms with Crippen LogP contribution in [-0.2, 0) is 17.6 Å². The highest BCUT2D eigenvalue weighted by molar-refractivity contribution is 4.91. The Morgan fingerprint density at radius 3 is 2.88 bits per heavy atom. The Kier molecular flexibility index (Phi) is 3.63. The highest BCUT2D eigenvalue weighted by atomic mass is 19.4. The molecule has 1 aliphatic heterocycles. The second-order valence-electron chi connectivity index (χ2n) is 3.83. The summed E-state index contributed by atoms with van der Waals surface area (Å²) in [6.45, 7) is 1.85. The van der Waals surface area contributed by atoms with Crippen LogP contribution in [0.25, 0.3) is 0 Å². The molecule has 0 radical (unpaired) electrons. The van der Waals surface area contributed by atoms with E-state index >= 15 is 0 Å². The minimum atomic E-state index is -4.31. The van der Waals surface area contributed by atoms with E-state index in [2.05, 4.69) is 15.5 Å². The normalized spacial score (nSPS) is 21.7. The first-order valence-corrected chi connectivity index (χ1v) is 5.22. The smallest absolute Gasteiger partial charge is 0.378 e. The number of nitrogens with one attached hydrogen (secondary N) is 1. The van der Waals surface area contributed by atoms with Crippen molar-refractivity contribution in [3.05, 3.63) is 11.7 Å². The van der Waals surface area contributed by atoms with E-state index in [1.165, 1.54) is 0 Å². The Morgan fingerprint density at radius 2 is 2.24 bits per heavy atom. The van der Waals surface area contributed by atoms with Crippen molar-refractivity contribution in [1.29, 1.82) is 0 Å². The van der Waals surface area contributed by atoms with Gasteiger partial charge in [-0.05, 0) is 0 Å². The average Bonchev–Trinajstić information content (AvgIpc) is 2.64. The first kappa shape index (κ1) is 12.3. The van der Waals surface area contributed by atoms with E-state index in [1.807, 2.05) is 0 Å². The molecule has 1 aromatic rings. The number of nitrogens with zero attached hydrogens (tertiary/aromatic N) is 2. The molecule has 0 amide bonds. The van der Waals surface area contributed by atoms with Crippen LogP contribution in [0.5, 0.6) is 0 Å². The van der Waals surface area contributed by atoms with Crippen LogP contribution in [-0.4, -0.2) is 42.1 Å². The van der Waals surface area contributed by atoms with Gasteiger partial charge in [0.15, 0.2) is 5.82 Å². The minimum absolute atomic E-state index is 0.0166. The molecule has 0 aromatic carbocycles. The second-order valence-corrected chi connectivity index (χ2v) is 3.83. The largest absolute Gasteiger partial charge is 0.396 e. The second kappa shape index (κ2) is 5.01. The lowest BCUT2D eigenvalue weighted by molar-refractivity contribution is -0.128. The number of morpholine rings is 1. The lowest BCUT2D eigenvalue weighted by atomic mass is 10.2. The van der Waals surface area contributed by atoms with E-state index in [1.54, 1.807) is 0 Å². The van der Waals surface area contributed by atoms with Gasteiger partial charge in [0.1, 0.15) is 6.42 Å². The predicted molar refractivity (Wildman–Crippen MR) is 50.4 cm³/mol. The van der Waals surface area contributed by atoms with Gasteiger partial charge in [-0.1, -0.05) is 5.16 Å². The summed E-state index contributed by atoms with van der Waals surface area (Å²) in [5.74, 6) is -0.128. The van der Waals surface area contributed by atoms with Crippen LogP contribution in [0.1, 0.15) is 11.7 Å². The van der Waals surface area contributed by atoms with Crippen LogP contribution in [0.3, 0.4) is 0 Å². The van der Waals surface area contributed by atoms with Gasteiger partial charge in [-0.15, -0.1) is 0 Å². The highest BCUT2D eigenvalue weighted by Gasteiger charge is 2.30. The zero-order chi connectivity index (χ0) is 12.3. The molecule has 5 nitrogen and oxygen atoms in total. The molecule has 0 aliphatic carbocycles. The summed E-state index contributed by atoms with van der Waals surface area (Å²) in [4.78, 5) is 3.70. The quantitative estimate of drug-likeness (QED) is 0.857. The van der Waals surface area contributed by atoms with Gasteiger partial charge in [0.2, 0.25) is 5.89 Å². The predicted octanol–water partition coefficient (Wildman–Crippen LogP) is 0.705. The Labute approximate surface area is 95.3 Å². The summed E-state index contributed by atoms with van der Waals surface area (Å²) in [6, 6.07) is 0.0166. The standard InChI is InChI=1S/C9H12F3N3O2/c10-9(11,12)4-7-14-8(17-15-7)3-6-5-16-2-1-13-6/h6,13H,1-5H2. The summed E-state index contributed by atoms with van der Waals surface area (Å²) in [5.41, 5.74) is 0. The van der Waals surface area contributed by atoms with Crippen LogP contribution in [0.4, 0.5) is 13.2 Å². The van der Waals surface area contributed by atoms with Crippen molar-refractivity contribution in [2.45, 2.75) is 25.1 Å². The SMILES string of the molecule is FC(F)(F)Cc1noc(CC2COCCN2)n1. The van der Waals surface area contributed by atoms with Gasteiger partial charge in [-0.2, -0.15) is 18.2 Å². The summed E-state index contributed by atoms with van der Waals surface area (Å²) < 4.78 is 46.1. The maximum absolute atomic E-state index is 12.1. The number of alkyl halides is 3. The molecule has 8 heteroatoms. The Hall–Kier alpha value is -1.15. The van der Waals surface area contributed by atoms with Crippen LogP contribution in [0.2, 0.25) is 0 Å². The molecule has 2 heterocycles. The fourth-order valence-electron chi connectivity index (χ4n) is 1.59. The number of ether oxygens (including phenoxy) is 1. The van der Waals surface area contributed by atoms with Gasteiger partial charge in [0, 0.05) is 19.0 Å². The zero-order valence-corrected chi connectivity index (χ0v) is 8.96. The fourth-order valence-corrected chi connectivity index (χ4v) is 1.59. The summed E-state index contributed by atoms with van der Waals surface area (Å²) in [6.07, 6.45) is -5.09. The van der Waals surface area contributed by atoms with Crippen LogP contribution >= 0.6 is 0 Å². The van der Waals surface area contributed by atoms with Crippen LogP contribution in [0.15, 0.2) is 4.52 Å². The number of aromatic nitrogens is 2. The molecule has 1 fully saturated rings. The minimum Gasteiger partial charge on any atom is -0.378 e. The highest BCUT2D eigenvalue weighted by Crippen LogP contribution is 2.19. The molecule has 17 heavy (non-hydrogen) atoms. The molecule has 1 unspecified atom stereocenters. The average molecular weight is 251 g/mol. The molecular formula is C9H12F3N3O2. The molecule has 1 aromatic heterocycles. The summed E-state index contributed by atoms with van der Waals surface area (Å²) in [7, 11) is 0. The molecule has 1 N–H and O–H groups in total. The molecule has 0 bridgehead atoms. The maximum Gasteiger partial charge on any atom is 0.396 e. The number of halogens is 3. The Morgan fingerprint density at radius 1 is 1.41 bits per heavy atom. The van der Waals surface area contributed by atoms with Crippen molar-refractivity contribution < 1.29 is 22.4 Å². The molecule has 2 rings (SSSR count). The summed E-state index contributed by atoms with van der Waals surface area (Å²) in [5, 5.41) is 6.44. The van der Waals surface area contributed by atoms with Gasteiger partial charge in [0.05, 0.1) is 13.2 Å². The van der Waals surface area contributed by atoms with E-state index in [0.717, 1.165) is 0 Å². The molecule has 1 atom stereocenters. The van der Waals surface area contributed by atoms with Gasteiger partial charge in [0.25, 0.3) is 0 Å². The molecular weight excluding hydrogens is 239 g/mol. The van der Waals surface area contributed by atoms with Gasteiger partial charge in [-0.3, -0.25) is 0 Å². The molecule has 0 spiro atoms. The lowest BCUT2D eigenvalue weighted by Gasteiger charge is -2.22. The Bertz CT molecular complexity index is 361. The Balaban J connectivity index is 1.89. The van der Waals surface area contributed by atoms with E-state index in [-0.39, 0.29) is 17.8 Å². The molecule has 1 aliphatic rings. The zero-order valence-electron chi connectivity index (χ0n) is 8.96. The van der Waals surface area contributed by atoms with Crippen molar-refractivity contribution in [2.75, 3.05) is 19.8 Å². The van der Waals surface area contributed by atoms with Crippen molar-refractivity contribution >= 4 is 0 Å². The number of hydrogen-bond acceptors (Lipinski definition) is 5. The lowest BCUT2D eigenvalue weighted by Crippen LogP contribution is -2.42. The van der Waals surface area contributed by atoms with E-state index in [4.69, 9.17) is 9.26 Å². The van der Waals surface area contributed by atoms with E-state index < -0.39 is 12.6 Å². The monoisotopic (exact) mass is 251 g/mol. The van der Waals surface area contributed by atoms with Crippen molar-refractivity contribution in [3.8, 4) is 0 Å². The number of hydrogen-bond donors (Lipinski definition) is 1. The molecule has 1 saturated heterocycles. The van der Waals surface area contributed by atoms with E-state index in [9.17, 15) is 13.2 Å². The third kappa shape index (κ3) is 3.97. The van der Waals surface area contributed by atoms with E-state index in [0.29, 0.717) is 26.2 Å². The van der Waals surface area contributed by atoms with Gasteiger partial charge < -0.3 is 14.6 Å². The van der Waals surface area contributed by atoms with Crippen LogP contribution < -0.4 is 5.32 Å². The summed E-state index contributed by atoms with van der Waals surface area (Å²) >= 11 is 0. The number of rotatable bonds is 3. The van der Waals surface area contributed by atoms with Gasteiger partial charge >= 0.3 is 6.18 Å².